The van der Waals surface area contributed by atoms with E-state index in [1.54, 1.807) is 0 Å². The molecule has 0 N–H and O–H groups in total. The Morgan fingerprint density at radius 3 is 3.00 bits per heavy atom. The van der Waals surface area contributed by atoms with Crippen molar-refractivity contribution in [3.63, 3.8) is 0 Å². The molecule has 4 aliphatic rings. The molecule has 0 unspecified atom stereocenters. The van der Waals surface area contributed by atoms with Crippen molar-refractivity contribution in [3.8, 4) is 0 Å². The molecule has 0 radical (unpaired) electrons. The second-order valence-corrected chi connectivity index (χ2v) is 6.27. The van der Waals surface area contributed by atoms with Gasteiger partial charge in [0.15, 0.2) is 5.76 Å². The lowest BCUT2D eigenvalue weighted by Gasteiger charge is -2.17. The molecule has 0 amide bonds. The van der Waals surface area contributed by atoms with Gasteiger partial charge < -0.3 is 9.47 Å². The van der Waals surface area contributed by atoms with Gasteiger partial charge >= 0.3 is 0 Å². The van der Waals surface area contributed by atoms with Crippen LogP contribution in [-0.2, 0) is 9.47 Å². The second kappa shape index (κ2) is 4.52. The van der Waals surface area contributed by atoms with Gasteiger partial charge in [0.25, 0.3) is 0 Å². The maximum Gasteiger partial charge on any atom is 0.230 e. The molecule has 0 spiro atoms. The minimum Gasteiger partial charge on any atom is -0.458 e. The fourth-order valence-corrected chi connectivity index (χ4v) is 3.88. The van der Waals surface area contributed by atoms with Crippen LogP contribution >= 0.6 is 15.9 Å². The highest BCUT2D eigenvalue weighted by Gasteiger charge is 2.33. The Kier molecular flexibility index (Phi) is 2.77. The van der Waals surface area contributed by atoms with Crippen molar-refractivity contribution in [2.75, 3.05) is 6.79 Å². The Hall–Kier alpha value is -1.48. The van der Waals surface area contributed by atoms with Gasteiger partial charge in [-0.05, 0) is 58.0 Å². The van der Waals surface area contributed by atoms with Crippen molar-refractivity contribution in [1.82, 2.24) is 0 Å². The van der Waals surface area contributed by atoms with E-state index in [0.717, 1.165) is 35.3 Å². The highest BCUT2D eigenvalue weighted by molar-refractivity contribution is 9.12. The summed E-state index contributed by atoms with van der Waals surface area (Å²) in [5.74, 6) is 1.85. The fraction of sp³-hybridized carbons (Fsp3) is 0.294. The highest BCUT2D eigenvalue weighted by atomic mass is 79.9. The summed E-state index contributed by atoms with van der Waals surface area (Å²) < 4.78 is 12.2. The van der Waals surface area contributed by atoms with E-state index < -0.39 is 0 Å². The average Bonchev–Trinajstić information content (AvgIpc) is 3.13. The summed E-state index contributed by atoms with van der Waals surface area (Å²) in [6.07, 6.45) is 11.8. The summed E-state index contributed by atoms with van der Waals surface area (Å²) in [4.78, 5) is 0. The molecule has 0 aromatic carbocycles. The van der Waals surface area contributed by atoms with Gasteiger partial charge in [0.2, 0.25) is 6.79 Å². The van der Waals surface area contributed by atoms with Crippen LogP contribution in [0.2, 0.25) is 0 Å². The maximum atomic E-state index is 5.60. The molecule has 1 aliphatic heterocycles. The van der Waals surface area contributed by atoms with Crippen LogP contribution in [0.25, 0.3) is 0 Å². The Balaban J connectivity index is 1.75. The third-order valence-electron chi connectivity index (χ3n) is 4.24. The SMILES string of the molecule is CC1=CC2=C(Br)C3=C(CC2=C1CC1=CC=CC1)OCO3. The van der Waals surface area contributed by atoms with Crippen LogP contribution in [0.4, 0.5) is 0 Å². The molecule has 4 rings (SSSR count). The minimum atomic E-state index is 0.341. The zero-order valence-electron chi connectivity index (χ0n) is 11.3. The molecule has 102 valence electrons. The molecule has 1 heterocycles. The number of allylic oxidation sites excluding steroid dienone is 10. The summed E-state index contributed by atoms with van der Waals surface area (Å²) >= 11 is 3.68. The van der Waals surface area contributed by atoms with Crippen molar-refractivity contribution < 1.29 is 9.47 Å². The summed E-state index contributed by atoms with van der Waals surface area (Å²) in [5.41, 5.74) is 6.97. The van der Waals surface area contributed by atoms with E-state index in [9.17, 15) is 0 Å². The number of fused-ring (bicyclic) bond motifs is 1. The zero-order valence-corrected chi connectivity index (χ0v) is 12.9. The highest BCUT2D eigenvalue weighted by Crippen LogP contribution is 2.48. The molecule has 0 bridgehead atoms. The molecule has 0 saturated carbocycles. The van der Waals surface area contributed by atoms with Crippen molar-refractivity contribution >= 4 is 15.9 Å². The second-order valence-electron chi connectivity index (χ2n) is 5.48. The Morgan fingerprint density at radius 1 is 1.30 bits per heavy atom. The lowest BCUT2D eigenvalue weighted by Crippen LogP contribution is -2.02. The largest absolute Gasteiger partial charge is 0.458 e. The molecule has 0 atom stereocenters. The number of hydrogen-bond donors (Lipinski definition) is 0. The average molecular weight is 331 g/mol. The first kappa shape index (κ1) is 12.3. The molecule has 3 aliphatic carbocycles. The molecule has 0 aromatic rings. The van der Waals surface area contributed by atoms with E-state index in [2.05, 4.69) is 47.2 Å². The standard InChI is InChI=1S/C17H15BrO2/c1-10-6-14-13(12(10)7-11-4-2-3-5-11)8-15-17(16(14)18)20-9-19-15/h2-4,6H,5,7-9H2,1H3. The first-order valence-electron chi connectivity index (χ1n) is 6.88. The lowest BCUT2D eigenvalue weighted by molar-refractivity contribution is 0.0734. The van der Waals surface area contributed by atoms with E-state index >= 15 is 0 Å². The lowest BCUT2D eigenvalue weighted by atomic mass is 9.92. The molecule has 0 aromatic heterocycles. The van der Waals surface area contributed by atoms with Gasteiger partial charge in [0.1, 0.15) is 5.76 Å². The van der Waals surface area contributed by atoms with E-state index in [1.807, 2.05) is 0 Å². The summed E-state index contributed by atoms with van der Waals surface area (Å²) in [6, 6.07) is 0. The number of ether oxygens (including phenoxy) is 2. The quantitative estimate of drug-likeness (QED) is 0.724. The summed E-state index contributed by atoms with van der Waals surface area (Å²) in [5, 5.41) is 0. The van der Waals surface area contributed by atoms with E-state index in [0.29, 0.717) is 6.79 Å². The number of rotatable bonds is 2. The van der Waals surface area contributed by atoms with Crippen LogP contribution in [0.1, 0.15) is 26.2 Å². The molecule has 3 heteroatoms. The normalized spacial score (nSPS) is 23.7. The van der Waals surface area contributed by atoms with Crippen LogP contribution in [0.5, 0.6) is 0 Å². The van der Waals surface area contributed by atoms with Crippen LogP contribution in [-0.4, -0.2) is 6.79 Å². The zero-order chi connectivity index (χ0) is 13.7. The number of halogens is 1. The smallest absolute Gasteiger partial charge is 0.230 e. The third kappa shape index (κ3) is 1.76. The van der Waals surface area contributed by atoms with Crippen molar-refractivity contribution in [2.45, 2.75) is 26.2 Å². The maximum absolute atomic E-state index is 5.60. The van der Waals surface area contributed by atoms with Gasteiger partial charge in [0.05, 0.1) is 4.48 Å². The van der Waals surface area contributed by atoms with E-state index in [-0.39, 0.29) is 0 Å². The van der Waals surface area contributed by atoms with Gasteiger partial charge in [-0.2, -0.15) is 0 Å². The van der Waals surface area contributed by atoms with Crippen LogP contribution in [0.15, 0.2) is 68.2 Å². The Bertz CT molecular complexity index is 684. The third-order valence-corrected chi connectivity index (χ3v) is 5.03. The molecule has 2 nitrogen and oxygen atoms in total. The van der Waals surface area contributed by atoms with Crippen LogP contribution in [0, 0.1) is 0 Å². The molecular weight excluding hydrogens is 316 g/mol. The predicted octanol–water partition coefficient (Wildman–Crippen LogP) is 4.79. The molecule has 0 fully saturated rings. The van der Waals surface area contributed by atoms with Crippen LogP contribution < -0.4 is 0 Å². The fourth-order valence-electron chi connectivity index (χ4n) is 3.19. The molecular formula is C17H15BrO2. The van der Waals surface area contributed by atoms with Crippen molar-refractivity contribution in [2.24, 2.45) is 0 Å². The predicted molar refractivity (Wildman–Crippen MR) is 81.9 cm³/mol. The molecule has 0 saturated heterocycles. The minimum absolute atomic E-state index is 0.341. The first-order valence-corrected chi connectivity index (χ1v) is 7.68. The van der Waals surface area contributed by atoms with Crippen molar-refractivity contribution in [3.05, 3.63) is 68.2 Å². The van der Waals surface area contributed by atoms with Gasteiger partial charge in [-0.15, -0.1) is 0 Å². The van der Waals surface area contributed by atoms with E-state index in [1.165, 1.54) is 27.9 Å². The first-order chi connectivity index (χ1) is 9.74. The van der Waals surface area contributed by atoms with Gasteiger partial charge in [-0.25, -0.2) is 0 Å². The van der Waals surface area contributed by atoms with Gasteiger partial charge in [-0.3, -0.25) is 0 Å². The Labute approximate surface area is 127 Å². The summed E-state index contributed by atoms with van der Waals surface area (Å²) in [6.45, 7) is 2.54. The summed E-state index contributed by atoms with van der Waals surface area (Å²) in [7, 11) is 0. The van der Waals surface area contributed by atoms with E-state index in [4.69, 9.17) is 9.47 Å². The molecule has 20 heavy (non-hydrogen) atoms. The number of hydrogen-bond acceptors (Lipinski definition) is 2. The van der Waals surface area contributed by atoms with Gasteiger partial charge in [-0.1, -0.05) is 29.9 Å². The van der Waals surface area contributed by atoms with Gasteiger partial charge in [0, 0.05) is 6.42 Å². The van der Waals surface area contributed by atoms with Crippen molar-refractivity contribution in [1.29, 1.82) is 0 Å². The monoisotopic (exact) mass is 330 g/mol. The van der Waals surface area contributed by atoms with Crippen LogP contribution in [0.3, 0.4) is 0 Å². The Morgan fingerprint density at radius 2 is 2.20 bits per heavy atom. The topological polar surface area (TPSA) is 18.5 Å².